The summed E-state index contributed by atoms with van der Waals surface area (Å²) in [5, 5.41) is 3.31. The van der Waals surface area contributed by atoms with Gasteiger partial charge in [0.25, 0.3) is 0 Å². The number of rotatable bonds is 5. The molecule has 3 rings (SSSR count). The molecule has 0 radical (unpaired) electrons. The van der Waals surface area contributed by atoms with Gasteiger partial charge in [0.1, 0.15) is 11.8 Å². The summed E-state index contributed by atoms with van der Waals surface area (Å²) in [7, 11) is 1.54. The molecule has 1 aliphatic rings. The average molecular weight is 387 g/mol. The van der Waals surface area contributed by atoms with Gasteiger partial charge >= 0.3 is 0 Å². The van der Waals surface area contributed by atoms with Crippen molar-refractivity contribution in [1.29, 1.82) is 0 Å². The van der Waals surface area contributed by atoms with E-state index in [1.807, 2.05) is 32.0 Å². The van der Waals surface area contributed by atoms with Gasteiger partial charge in [0, 0.05) is 12.2 Å². The van der Waals surface area contributed by atoms with E-state index in [-0.39, 0.29) is 18.2 Å². The highest BCUT2D eigenvalue weighted by molar-refractivity contribution is 6.32. The molecule has 0 spiro atoms. The van der Waals surface area contributed by atoms with Crippen molar-refractivity contribution in [3.8, 4) is 5.75 Å². The van der Waals surface area contributed by atoms with E-state index in [9.17, 15) is 9.59 Å². The van der Waals surface area contributed by atoms with E-state index < -0.39 is 6.04 Å². The van der Waals surface area contributed by atoms with Crippen molar-refractivity contribution < 1.29 is 14.3 Å². The molecule has 1 fully saturated rings. The fraction of sp³-hybridized carbons (Fsp3) is 0.333. The molecule has 2 amide bonds. The Hall–Kier alpha value is -2.53. The number of ether oxygens (including phenoxy) is 1. The van der Waals surface area contributed by atoms with Gasteiger partial charge in [-0.05, 0) is 61.2 Å². The molecular weight excluding hydrogens is 364 g/mol. The van der Waals surface area contributed by atoms with E-state index in [0.717, 1.165) is 16.8 Å². The number of nitrogens with zero attached hydrogens (tertiary/aromatic N) is 1. The summed E-state index contributed by atoms with van der Waals surface area (Å²) in [6, 6.07) is 10.7. The summed E-state index contributed by atoms with van der Waals surface area (Å²) < 4.78 is 5.11. The van der Waals surface area contributed by atoms with Crippen LogP contribution in [0.25, 0.3) is 0 Å². The number of benzene rings is 2. The Balaban J connectivity index is 1.62. The summed E-state index contributed by atoms with van der Waals surface area (Å²) in [5.41, 5.74) is 3.98. The predicted molar refractivity (Wildman–Crippen MR) is 107 cm³/mol. The van der Waals surface area contributed by atoms with E-state index in [1.54, 1.807) is 30.2 Å². The number of carbonyl (C=O) groups is 2. The van der Waals surface area contributed by atoms with E-state index in [0.29, 0.717) is 23.7 Å². The number of nitrogens with one attached hydrogen (secondary N) is 1. The first kappa shape index (κ1) is 19.2. The second kappa shape index (κ2) is 8.01. The molecule has 0 unspecified atom stereocenters. The Kier molecular flexibility index (Phi) is 5.71. The average Bonchev–Trinajstić information content (AvgIpc) is 2.98. The fourth-order valence-corrected chi connectivity index (χ4v) is 3.49. The van der Waals surface area contributed by atoms with Crippen LogP contribution in [-0.4, -0.2) is 31.5 Å². The zero-order valence-electron chi connectivity index (χ0n) is 15.7. The van der Waals surface area contributed by atoms with Gasteiger partial charge < -0.3 is 15.0 Å². The molecular formula is C21H23ClN2O3. The molecule has 1 saturated heterocycles. The lowest BCUT2D eigenvalue weighted by atomic mass is 10.1. The number of anilines is 1. The molecule has 27 heavy (non-hydrogen) atoms. The Bertz CT molecular complexity index is 882. The Morgan fingerprint density at radius 3 is 2.67 bits per heavy atom. The molecule has 0 aliphatic carbocycles. The summed E-state index contributed by atoms with van der Waals surface area (Å²) in [4.78, 5) is 26.8. The third-order valence-corrected chi connectivity index (χ3v) is 5.22. The zero-order chi connectivity index (χ0) is 19.6. The highest BCUT2D eigenvalue weighted by Gasteiger charge is 2.33. The second-order valence-corrected chi connectivity index (χ2v) is 7.22. The number of halogens is 1. The van der Waals surface area contributed by atoms with Gasteiger partial charge in [-0.2, -0.15) is 0 Å². The quantitative estimate of drug-likeness (QED) is 0.856. The molecule has 142 valence electrons. The summed E-state index contributed by atoms with van der Waals surface area (Å²) >= 11 is 6.10. The maximum absolute atomic E-state index is 12.7. The molecule has 0 bridgehead atoms. The van der Waals surface area contributed by atoms with Gasteiger partial charge in [0.05, 0.1) is 18.6 Å². The van der Waals surface area contributed by atoms with Crippen molar-refractivity contribution in [2.45, 2.75) is 32.7 Å². The van der Waals surface area contributed by atoms with Gasteiger partial charge in [0.15, 0.2) is 0 Å². The molecule has 5 nitrogen and oxygen atoms in total. The van der Waals surface area contributed by atoms with Crippen LogP contribution in [-0.2, 0) is 16.0 Å². The SMILES string of the molecule is COc1ccc(CC(=O)N[C@H]2CCN(c3ccc(C)c(C)c3)C2=O)cc1Cl. The third-order valence-electron chi connectivity index (χ3n) is 4.92. The van der Waals surface area contributed by atoms with Crippen molar-refractivity contribution in [2.75, 3.05) is 18.6 Å². The van der Waals surface area contributed by atoms with Crippen molar-refractivity contribution in [1.82, 2.24) is 5.32 Å². The third kappa shape index (κ3) is 4.25. The van der Waals surface area contributed by atoms with Gasteiger partial charge in [-0.15, -0.1) is 0 Å². The molecule has 1 aliphatic heterocycles. The van der Waals surface area contributed by atoms with Crippen molar-refractivity contribution in [3.05, 3.63) is 58.1 Å². The summed E-state index contributed by atoms with van der Waals surface area (Å²) in [6.45, 7) is 4.67. The minimum absolute atomic E-state index is 0.0700. The Morgan fingerprint density at radius 1 is 1.22 bits per heavy atom. The minimum atomic E-state index is -0.493. The molecule has 0 saturated carbocycles. The highest BCUT2D eigenvalue weighted by atomic mass is 35.5. The smallest absolute Gasteiger partial charge is 0.249 e. The van der Waals surface area contributed by atoms with Gasteiger partial charge in [-0.3, -0.25) is 9.59 Å². The van der Waals surface area contributed by atoms with Crippen molar-refractivity contribution in [2.24, 2.45) is 0 Å². The minimum Gasteiger partial charge on any atom is -0.495 e. The number of aryl methyl sites for hydroxylation is 2. The first-order chi connectivity index (χ1) is 12.9. The first-order valence-corrected chi connectivity index (χ1v) is 9.27. The standard InChI is InChI=1S/C21H23ClN2O3/c1-13-4-6-16(10-14(13)2)24-9-8-18(21(24)26)23-20(25)12-15-5-7-19(27-3)17(22)11-15/h4-7,10-11,18H,8-9,12H2,1-3H3,(H,23,25)/t18-/m0/s1. The Labute approximate surface area is 164 Å². The van der Waals surface area contributed by atoms with E-state index in [4.69, 9.17) is 16.3 Å². The number of methoxy groups -OCH3 is 1. The molecule has 1 N–H and O–H groups in total. The molecule has 2 aromatic carbocycles. The molecule has 1 heterocycles. The fourth-order valence-electron chi connectivity index (χ4n) is 3.21. The summed E-state index contributed by atoms with van der Waals surface area (Å²) in [6.07, 6.45) is 0.762. The molecule has 0 aromatic heterocycles. The van der Waals surface area contributed by atoms with Gasteiger partial charge in [0.2, 0.25) is 11.8 Å². The number of amides is 2. The largest absolute Gasteiger partial charge is 0.495 e. The van der Waals surface area contributed by atoms with E-state index >= 15 is 0 Å². The number of hydrogen-bond acceptors (Lipinski definition) is 3. The van der Waals surface area contributed by atoms with Crippen LogP contribution in [0.4, 0.5) is 5.69 Å². The van der Waals surface area contributed by atoms with Crippen LogP contribution in [0.2, 0.25) is 5.02 Å². The zero-order valence-corrected chi connectivity index (χ0v) is 16.5. The van der Waals surface area contributed by atoms with Crippen LogP contribution in [0.15, 0.2) is 36.4 Å². The van der Waals surface area contributed by atoms with E-state index in [1.165, 1.54) is 5.56 Å². The van der Waals surface area contributed by atoms with Crippen LogP contribution < -0.4 is 15.0 Å². The lowest BCUT2D eigenvalue weighted by molar-refractivity contribution is -0.126. The highest BCUT2D eigenvalue weighted by Crippen LogP contribution is 2.26. The second-order valence-electron chi connectivity index (χ2n) is 6.81. The van der Waals surface area contributed by atoms with Gasteiger partial charge in [-0.25, -0.2) is 0 Å². The number of hydrogen-bond donors (Lipinski definition) is 1. The maximum atomic E-state index is 12.7. The van der Waals surface area contributed by atoms with Gasteiger partial charge in [-0.1, -0.05) is 23.7 Å². The van der Waals surface area contributed by atoms with Crippen LogP contribution in [0.5, 0.6) is 5.75 Å². The van der Waals surface area contributed by atoms with Crippen LogP contribution in [0.1, 0.15) is 23.1 Å². The van der Waals surface area contributed by atoms with Crippen LogP contribution in [0.3, 0.4) is 0 Å². The predicted octanol–water partition coefficient (Wildman–Crippen LogP) is 3.43. The summed E-state index contributed by atoms with van der Waals surface area (Å²) in [5.74, 6) is 0.298. The van der Waals surface area contributed by atoms with Crippen molar-refractivity contribution >= 4 is 29.1 Å². The lowest BCUT2D eigenvalue weighted by Gasteiger charge is -2.18. The number of carbonyl (C=O) groups excluding carboxylic acids is 2. The van der Waals surface area contributed by atoms with Crippen LogP contribution in [0, 0.1) is 13.8 Å². The first-order valence-electron chi connectivity index (χ1n) is 8.89. The molecule has 2 aromatic rings. The molecule has 1 atom stereocenters. The van der Waals surface area contributed by atoms with Crippen molar-refractivity contribution in [3.63, 3.8) is 0 Å². The van der Waals surface area contributed by atoms with E-state index in [2.05, 4.69) is 5.32 Å². The topological polar surface area (TPSA) is 58.6 Å². The molecule has 6 heteroatoms. The monoisotopic (exact) mass is 386 g/mol. The Morgan fingerprint density at radius 2 is 2.00 bits per heavy atom. The normalized spacial score (nSPS) is 16.5. The lowest BCUT2D eigenvalue weighted by Crippen LogP contribution is -2.42. The van der Waals surface area contributed by atoms with Crippen LogP contribution >= 0.6 is 11.6 Å². The maximum Gasteiger partial charge on any atom is 0.249 e.